The first-order valence-electron chi connectivity index (χ1n) is 7.01. The lowest BCUT2D eigenvalue weighted by molar-refractivity contribution is -0.124. The Hall–Kier alpha value is -1.32. The van der Waals surface area contributed by atoms with Crippen molar-refractivity contribution in [2.45, 2.75) is 44.9 Å². The van der Waals surface area contributed by atoms with Crippen LogP contribution in [0.4, 0.5) is 4.79 Å². The lowest BCUT2D eigenvalue weighted by Gasteiger charge is -2.49. The number of carbonyl (C=O) groups is 1. The standard InChI is InChI=1S/C14H23N3O3/c1-11-7-16(14(8-15)9-19-10-14)5-6-17(11)12(18)20-13(2,3)4/h11H,5-7,9-10H2,1-4H3. The summed E-state index contributed by atoms with van der Waals surface area (Å²) in [6, 6.07) is 2.39. The summed E-state index contributed by atoms with van der Waals surface area (Å²) in [5.41, 5.74) is -0.974. The SMILES string of the molecule is CC1CN(C2(C#N)COC2)CCN1C(=O)OC(C)(C)C. The van der Waals surface area contributed by atoms with Gasteiger partial charge in [-0.3, -0.25) is 4.90 Å². The molecule has 0 saturated carbocycles. The third kappa shape index (κ3) is 2.89. The van der Waals surface area contributed by atoms with Gasteiger partial charge < -0.3 is 14.4 Å². The molecule has 0 radical (unpaired) electrons. The van der Waals surface area contributed by atoms with E-state index in [9.17, 15) is 10.1 Å². The summed E-state index contributed by atoms with van der Waals surface area (Å²) in [7, 11) is 0. The summed E-state index contributed by atoms with van der Waals surface area (Å²) in [6.45, 7) is 10.4. The maximum atomic E-state index is 12.1. The first kappa shape index (κ1) is 15.1. The molecule has 2 saturated heterocycles. The highest BCUT2D eigenvalue weighted by molar-refractivity contribution is 5.68. The highest BCUT2D eigenvalue weighted by Gasteiger charge is 2.47. The van der Waals surface area contributed by atoms with Crippen molar-refractivity contribution in [1.82, 2.24) is 9.80 Å². The number of piperazine rings is 1. The molecule has 2 aliphatic heterocycles. The number of ether oxygens (including phenoxy) is 2. The number of amides is 1. The van der Waals surface area contributed by atoms with Gasteiger partial charge in [0.2, 0.25) is 0 Å². The molecule has 0 aromatic heterocycles. The fraction of sp³-hybridized carbons (Fsp3) is 0.857. The van der Waals surface area contributed by atoms with Crippen LogP contribution in [-0.4, -0.2) is 65.9 Å². The fourth-order valence-corrected chi connectivity index (χ4v) is 2.55. The Bertz CT molecular complexity index is 420. The first-order chi connectivity index (χ1) is 9.27. The number of nitriles is 1. The largest absolute Gasteiger partial charge is 0.444 e. The summed E-state index contributed by atoms with van der Waals surface area (Å²) >= 11 is 0. The molecule has 1 amide bonds. The summed E-state index contributed by atoms with van der Waals surface area (Å²) in [4.78, 5) is 16.0. The Labute approximate surface area is 120 Å². The Kier molecular flexibility index (Phi) is 3.94. The molecule has 2 rings (SSSR count). The zero-order chi connectivity index (χ0) is 15.0. The van der Waals surface area contributed by atoms with Crippen LogP contribution in [0.15, 0.2) is 0 Å². The molecule has 6 heteroatoms. The van der Waals surface area contributed by atoms with E-state index in [0.717, 1.165) is 0 Å². The summed E-state index contributed by atoms with van der Waals surface area (Å²) in [5, 5.41) is 9.33. The van der Waals surface area contributed by atoms with Crippen LogP contribution in [-0.2, 0) is 9.47 Å². The van der Waals surface area contributed by atoms with Gasteiger partial charge in [0.1, 0.15) is 5.60 Å². The van der Waals surface area contributed by atoms with E-state index in [-0.39, 0.29) is 12.1 Å². The Morgan fingerprint density at radius 1 is 1.40 bits per heavy atom. The van der Waals surface area contributed by atoms with Gasteiger partial charge in [-0.25, -0.2) is 4.79 Å². The average Bonchev–Trinajstić information content (AvgIpc) is 2.25. The molecular weight excluding hydrogens is 258 g/mol. The monoisotopic (exact) mass is 281 g/mol. The molecule has 2 fully saturated rings. The number of nitrogens with zero attached hydrogens (tertiary/aromatic N) is 3. The van der Waals surface area contributed by atoms with Gasteiger partial charge in [0.05, 0.1) is 19.3 Å². The fourth-order valence-electron chi connectivity index (χ4n) is 2.55. The normalized spacial score (nSPS) is 26.6. The summed E-state index contributed by atoms with van der Waals surface area (Å²) < 4.78 is 10.6. The molecule has 0 bridgehead atoms. The first-order valence-corrected chi connectivity index (χ1v) is 7.01. The molecule has 2 heterocycles. The van der Waals surface area contributed by atoms with Crippen LogP contribution in [0.2, 0.25) is 0 Å². The van der Waals surface area contributed by atoms with E-state index in [0.29, 0.717) is 32.8 Å². The molecule has 0 aliphatic carbocycles. The second kappa shape index (κ2) is 5.23. The van der Waals surface area contributed by atoms with E-state index in [1.54, 1.807) is 4.90 Å². The molecule has 1 atom stereocenters. The third-order valence-electron chi connectivity index (χ3n) is 3.75. The van der Waals surface area contributed by atoms with Crippen LogP contribution >= 0.6 is 0 Å². The van der Waals surface area contributed by atoms with Gasteiger partial charge in [0.15, 0.2) is 5.54 Å². The van der Waals surface area contributed by atoms with E-state index in [4.69, 9.17) is 9.47 Å². The van der Waals surface area contributed by atoms with E-state index in [1.165, 1.54) is 0 Å². The minimum Gasteiger partial charge on any atom is -0.444 e. The third-order valence-corrected chi connectivity index (χ3v) is 3.75. The van der Waals surface area contributed by atoms with Gasteiger partial charge in [0, 0.05) is 25.7 Å². The average molecular weight is 281 g/mol. The van der Waals surface area contributed by atoms with E-state index in [2.05, 4.69) is 11.0 Å². The lowest BCUT2D eigenvalue weighted by atomic mass is 9.95. The van der Waals surface area contributed by atoms with Crippen molar-refractivity contribution in [2.24, 2.45) is 0 Å². The van der Waals surface area contributed by atoms with Gasteiger partial charge in [-0.05, 0) is 27.7 Å². The molecule has 20 heavy (non-hydrogen) atoms. The van der Waals surface area contributed by atoms with Gasteiger partial charge in [0.25, 0.3) is 0 Å². The van der Waals surface area contributed by atoms with Crippen molar-refractivity contribution >= 4 is 6.09 Å². The Balaban J connectivity index is 1.96. The van der Waals surface area contributed by atoms with Crippen LogP contribution in [0, 0.1) is 11.3 Å². The highest BCUT2D eigenvalue weighted by Crippen LogP contribution is 2.27. The Morgan fingerprint density at radius 2 is 2.05 bits per heavy atom. The minimum atomic E-state index is -0.492. The van der Waals surface area contributed by atoms with Crippen molar-refractivity contribution < 1.29 is 14.3 Å². The molecule has 0 N–H and O–H groups in total. The van der Waals surface area contributed by atoms with E-state index < -0.39 is 11.1 Å². The second-order valence-electron chi connectivity index (χ2n) is 6.60. The quantitative estimate of drug-likeness (QED) is 0.723. The van der Waals surface area contributed by atoms with Gasteiger partial charge in [-0.2, -0.15) is 5.26 Å². The van der Waals surface area contributed by atoms with Gasteiger partial charge >= 0.3 is 6.09 Å². The van der Waals surface area contributed by atoms with Crippen molar-refractivity contribution in [3.05, 3.63) is 0 Å². The smallest absolute Gasteiger partial charge is 0.410 e. The summed E-state index contributed by atoms with van der Waals surface area (Å²) in [5.74, 6) is 0. The van der Waals surface area contributed by atoms with Crippen molar-refractivity contribution in [3.8, 4) is 6.07 Å². The molecule has 0 spiro atoms. The van der Waals surface area contributed by atoms with Crippen LogP contribution in [0.3, 0.4) is 0 Å². The topological polar surface area (TPSA) is 65.8 Å². The zero-order valence-electron chi connectivity index (χ0n) is 12.7. The van der Waals surface area contributed by atoms with Crippen LogP contribution in [0.1, 0.15) is 27.7 Å². The number of hydrogen-bond acceptors (Lipinski definition) is 5. The van der Waals surface area contributed by atoms with Gasteiger partial charge in [-0.1, -0.05) is 0 Å². The Morgan fingerprint density at radius 3 is 2.45 bits per heavy atom. The number of carbonyl (C=O) groups excluding carboxylic acids is 1. The maximum Gasteiger partial charge on any atom is 0.410 e. The molecule has 112 valence electrons. The minimum absolute atomic E-state index is 0.0319. The van der Waals surface area contributed by atoms with Crippen LogP contribution in [0.5, 0.6) is 0 Å². The number of hydrogen-bond donors (Lipinski definition) is 0. The highest BCUT2D eigenvalue weighted by atomic mass is 16.6. The van der Waals surface area contributed by atoms with Crippen molar-refractivity contribution in [2.75, 3.05) is 32.8 Å². The van der Waals surface area contributed by atoms with Crippen LogP contribution in [0.25, 0.3) is 0 Å². The van der Waals surface area contributed by atoms with Crippen molar-refractivity contribution in [3.63, 3.8) is 0 Å². The number of rotatable bonds is 1. The lowest BCUT2D eigenvalue weighted by Crippen LogP contribution is -2.67. The molecule has 0 aromatic rings. The molecule has 6 nitrogen and oxygen atoms in total. The van der Waals surface area contributed by atoms with Crippen LogP contribution < -0.4 is 0 Å². The summed E-state index contributed by atoms with van der Waals surface area (Å²) in [6.07, 6.45) is -0.277. The maximum absolute atomic E-state index is 12.1. The zero-order valence-corrected chi connectivity index (χ0v) is 12.7. The molecule has 0 aromatic carbocycles. The van der Waals surface area contributed by atoms with E-state index >= 15 is 0 Å². The van der Waals surface area contributed by atoms with E-state index in [1.807, 2.05) is 27.7 Å². The molecule has 2 aliphatic rings. The predicted octanol–water partition coefficient (Wildman–Crippen LogP) is 1.22. The van der Waals surface area contributed by atoms with Crippen molar-refractivity contribution in [1.29, 1.82) is 5.26 Å². The molecule has 1 unspecified atom stereocenters. The second-order valence-corrected chi connectivity index (χ2v) is 6.60. The molecular formula is C14H23N3O3. The van der Waals surface area contributed by atoms with Gasteiger partial charge in [-0.15, -0.1) is 0 Å². The predicted molar refractivity (Wildman–Crippen MR) is 73.1 cm³/mol.